The van der Waals surface area contributed by atoms with Gasteiger partial charge >= 0.3 is 0 Å². The normalized spacial score (nSPS) is 14.7. The van der Waals surface area contributed by atoms with Gasteiger partial charge in [0.15, 0.2) is 5.76 Å². The maximum Gasteiger partial charge on any atom is 0.227 e. The average molecular weight is 335 g/mol. The van der Waals surface area contributed by atoms with Gasteiger partial charge in [-0.2, -0.15) is 0 Å². The minimum atomic E-state index is -0.0919. The molecular formula is C11H8ClIO2. The third-order valence-corrected chi connectivity index (χ3v) is 3.68. The van der Waals surface area contributed by atoms with Gasteiger partial charge in [-0.15, -0.1) is 0 Å². The zero-order valence-electron chi connectivity index (χ0n) is 7.80. The summed E-state index contributed by atoms with van der Waals surface area (Å²) in [7, 11) is 0. The van der Waals surface area contributed by atoms with Gasteiger partial charge in [0.25, 0.3) is 0 Å². The van der Waals surface area contributed by atoms with Crippen molar-refractivity contribution in [1.82, 2.24) is 0 Å². The first kappa shape index (κ1) is 11.0. The van der Waals surface area contributed by atoms with Crippen molar-refractivity contribution in [2.45, 2.75) is 6.42 Å². The van der Waals surface area contributed by atoms with Crippen LogP contribution in [0.3, 0.4) is 0 Å². The van der Waals surface area contributed by atoms with E-state index in [1.165, 1.54) is 0 Å². The molecule has 0 fully saturated rings. The van der Waals surface area contributed by atoms with Crippen LogP contribution in [0.15, 0.2) is 30.0 Å². The molecule has 1 aliphatic rings. The van der Waals surface area contributed by atoms with Gasteiger partial charge in [0.05, 0.1) is 11.6 Å². The molecule has 2 nitrogen and oxygen atoms in total. The molecule has 4 heteroatoms. The third kappa shape index (κ3) is 2.34. The monoisotopic (exact) mass is 334 g/mol. The van der Waals surface area contributed by atoms with E-state index in [0.29, 0.717) is 23.0 Å². The van der Waals surface area contributed by atoms with Gasteiger partial charge in [-0.05, 0) is 46.9 Å². The molecule has 0 aliphatic carbocycles. The number of ketones is 1. The lowest BCUT2D eigenvalue weighted by atomic mass is 10.1. The molecule has 0 spiro atoms. The van der Waals surface area contributed by atoms with E-state index in [1.807, 2.05) is 12.1 Å². The van der Waals surface area contributed by atoms with E-state index in [4.69, 9.17) is 16.3 Å². The molecule has 0 saturated heterocycles. The fraction of sp³-hybridized carbons (Fsp3) is 0.182. The fourth-order valence-electron chi connectivity index (χ4n) is 1.36. The Morgan fingerprint density at radius 2 is 2.27 bits per heavy atom. The highest BCUT2D eigenvalue weighted by Gasteiger charge is 2.17. The number of benzene rings is 1. The maximum atomic E-state index is 11.9. The number of carbonyl (C=O) groups is 1. The van der Waals surface area contributed by atoms with Crippen molar-refractivity contribution < 1.29 is 9.53 Å². The van der Waals surface area contributed by atoms with E-state index in [0.717, 1.165) is 9.99 Å². The first-order valence-electron chi connectivity index (χ1n) is 4.51. The lowest BCUT2D eigenvalue weighted by Gasteiger charge is -2.04. The van der Waals surface area contributed by atoms with Crippen LogP contribution < -0.4 is 0 Å². The zero-order chi connectivity index (χ0) is 10.8. The summed E-state index contributed by atoms with van der Waals surface area (Å²) in [6, 6.07) is 5.26. The van der Waals surface area contributed by atoms with Gasteiger partial charge in [0.2, 0.25) is 5.78 Å². The van der Waals surface area contributed by atoms with Crippen LogP contribution in [-0.2, 0) is 4.74 Å². The quantitative estimate of drug-likeness (QED) is 0.612. The minimum Gasteiger partial charge on any atom is -0.489 e. The first-order valence-corrected chi connectivity index (χ1v) is 5.97. The number of carbonyl (C=O) groups excluding carboxylic acids is 1. The molecule has 0 saturated carbocycles. The topological polar surface area (TPSA) is 26.3 Å². The Morgan fingerprint density at radius 3 is 2.87 bits per heavy atom. The summed E-state index contributed by atoms with van der Waals surface area (Å²) < 4.78 is 6.14. The minimum absolute atomic E-state index is 0.0919. The maximum absolute atomic E-state index is 11.9. The zero-order valence-corrected chi connectivity index (χ0v) is 10.7. The number of hydrogen-bond donors (Lipinski definition) is 0. The van der Waals surface area contributed by atoms with Crippen LogP contribution in [-0.4, -0.2) is 12.4 Å². The van der Waals surface area contributed by atoms with Gasteiger partial charge in [-0.1, -0.05) is 11.6 Å². The lowest BCUT2D eigenvalue weighted by molar-refractivity contribution is 0.0942. The highest BCUT2D eigenvalue weighted by Crippen LogP contribution is 2.22. The van der Waals surface area contributed by atoms with Gasteiger partial charge < -0.3 is 4.74 Å². The number of rotatable bonds is 2. The second kappa shape index (κ2) is 4.53. The van der Waals surface area contributed by atoms with E-state index < -0.39 is 0 Å². The molecule has 0 unspecified atom stereocenters. The predicted molar refractivity (Wildman–Crippen MR) is 67.2 cm³/mol. The van der Waals surface area contributed by atoms with Crippen LogP contribution in [0.1, 0.15) is 16.8 Å². The Balaban J connectivity index is 2.29. The largest absolute Gasteiger partial charge is 0.489 e. The molecule has 0 aromatic heterocycles. The van der Waals surface area contributed by atoms with Crippen molar-refractivity contribution in [3.8, 4) is 0 Å². The fourth-order valence-corrected chi connectivity index (χ4v) is 1.87. The molecule has 0 N–H and O–H groups in total. The summed E-state index contributed by atoms with van der Waals surface area (Å²) in [6.07, 6.45) is 2.62. The van der Waals surface area contributed by atoms with E-state index in [9.17, 15) is 4.79 Å². The van der Waals surface area contributed by atoms with Crippen LogP contribution in [0.25, 0.3) is 0 Å². The van der Waals surface area contributed by atoms with Gasteiger partial charge in [-0.25, -0.2) is 0 Å². The lowest BCUT2D eigenvalue weighted by Crippen LogP contribution is -2.04. The van der Waals surface area contributed by atoms with Crippen molar-refractivity contribution in [1.29, 1.82) is 0 Å². The van der Waals surface area contributed by atoms with Crippen molar-refractivity contribution in [3.05, 3.63) is 44.2 Å². The van der Waals surface area contributed by atoms with E-state index in [1.54, 1.807) is 12.1 Å². The summed E-state index contributed by atoms with van der Waals surface area (Å²) in [5.74, 6) is 0.345. The Bertz CT molecular complexity index is 440. The molecule has 2 rings (SSSR count). The smallest absolute Gasteiger partial charge is 0.227 e. The molecule has 1 aromatic carbocycles. The van der Waals surface area contributed by atoms with E-state index >= 15 is 0 Å². The van der Waals surface area contributed by atoms with Crippen molar-refractivity contribution in [3.63, 3.8) is 0 Å². The summed E-state index contributed by atoms with van der Waals surface area (Å²) in [5, 5.41) is 0.597. The van der Waals surface area contributed by atoms with Crippen molar-refractivity contribution in [2.24, 2.45) is 0 Å². The number of hydrogen-bond acceptors (Lipinski definition) is 2. The van der Waals surface area contributed by atoms with Crippen LogP contribution in [0.4, 0.5) is 0 Å². The summed E-state index contributed by atoms with van der Waals surface area (Å²) in [6.45, 7) is 0.596. The predicted octanol–water partition coefficient (Wildman–Crippen LogP) is 3.43. The Labute approximate surface area is 106 Å². The average Bonchev–Trinajstić information content (AvgIpc) is 2.74. The number of ether oxygens (including phenoxy) is 1. The highest BCUT2D eigenvalue weighted by molar-refractivity contribution is 14.1. The molecule has 78 valence electrons. The molecule has 0 radical (unpaired) electrons. The summed E-state index contributed by atoms with van der Waals surface area (Å²) in [5.41, 5.74) is 0.577. The van der Waals surface area contributed by atoms with Crippen LogP contribution >= 0.6 is 34.2 Å². The SMILES string of the molecule is O=C(C1=CCCO1)c1ccc(I)c(Cl)c1. The second-order valence-electron chi connectivity index (χ2n) is 3.16. The van der Waals surface area contributed by atoms with Gasteiger partial charge in [0.1, 0.15) is 0 Å². The molecule has 0 bridgehead atoms. The Morgan fingerprint density at radius 1 is 1.47 bits per heavy atom. The van der Waals surface area contributed by atoms with Gasteiger partial charge in [0, 0.05) is 15.6 Å². The Hall–Kier alpha value is -0.550. The van der Waals surface area contributed by atoms with Crippen molar-refractivity contribution >= 4 is 40.0 Å². The molecule has 0 amide bonds. The molecular weight excluding hydrogens is 326 g/mol. The standard InChI is InChI=1S/C11H8ClIO2/c12-8-6-7(3-4-9(8)13)11(14)10-2-1-5-15-10/h2-4,6H,1,5H2. The molecule has 1 aromatic rings. The molecule has 1 heterocycles. The molecule has 0 atom stereocenters. The van der Waals surface area contributed by atoms with Crippen LogP contribution in [0.2, 0.25) is 5.02 Å². The van der Waals surface area contributed by atoms with E-state index in [-0.39, 0.29) is 5.78 Å². The number of Topliss-reactive ketones (excluding diaryl/α,β-unsaturated/α-hetero) is 1. The van der Waals surface area contributed by atoms with E-state index in [2.05, 4.69) is 22.6 Å². The second-order valence-corrected chi connectivity index (χ2v) is 4.73. The van der Waals surface area contributed by atoms with Crippen LogP contribution in [0, 0.1) is 3.57 Å². The Kier molecular flexibility index (Phi) is 3.31. The van der Waals surface area contributed by atoms with Gasteiger partial charge in [-0.3, -0.25) is 4.79 Å². The first-order chi connectivity index (χ1) is 7.18. The molecule has 1 aliphatic heterocycles. The van der Waals surface area contributed by atoms with Crippen LogP contribution in [0.5, 0.6) is 0 Å². The van der Waals surface area contributed by atoms with Crippen molar-refractivity contribution in [2.75, 3.05) is 6.61 Å². The molecule has 15 heavy (non-hydrogen) atoms. The number of allylic oxidation sites excluding steroid dienone is 1. The summed E-state index contributed by atoms with van der Waals surface area (Å²) >= 11 is 8.07. The highest BCUT2D eigenvalue weighted by atomic mass is 127. The third-order valence-electron chi connectivity index (χ3n) is 2.11. The number of halogens is 2. The summed E-state index contributed by atoms with van der Waals surface area (Å²) in [4.78, 5) is 11.9.